The molecule has 3 aromatic rings. The van der Waals surface area contributed by atoms with Crippen molar-refractivity contribution < 1.29 is 24.2 Å². The Bertz CT molecular complexity index is 1240. The van der Waals surface area contributed by atoms with Crippen LogP contribution in [0.5, 0.6) is 5.75 Å². The van der Waals surface area contributed by atoms with Crippen LogP contribution in [-0.2, 0) is 22.6 Å². The van der Waals surface area contributed by atoms with E-state index in [0.29, 0.717) is 12.3 Å². The quantitative estimate of drug-likeness (QED) is 0.268. The number of para-hydroxylation sites is 1. The third-order valence-corrected chi connectivity index (χ3v) is 7.26. The monoisotopic (exact) mass is 563 g/mol. The zero-order valence-electron chi connectivity index (χ0n) is 23.1. The van der Waals surface area contributed by atoms with Gasteiger partial charge in [0.05, 0.1) is 11.9 Å². The molecule has 3 amide bonds. The lowest BCUT2D eigenvalue weighted by atomic mass is 10.0. The summed E-state index contributed by atoms with van der Waals surface area (Å²) in [6.07, 6.45) is -2.22. The number of ether oxygens (including phenoxy) is 1. The lowest BCUT2D eigenvalue weighted by molar-refractivity contribution is -0.143. The van der Waals surface area contributed by atoms with Crippen LogP contribution in [0.3, 0.4) is 0 Å². The van der Waals surface area contributed by atoms with Crippen molar-refractivity contribution in [3.8, 4) is 5.75 Å². The van der Waals surface area contributed by atoms with Crippen LogP contribution in [0.2, 0.25) is 0 Å². The highest BCUT2D eigenvalue weighted by Crippen LogP contribution is 2.16. The van der Waals surface area contributed by atoms with E-state index in [1.54, 1.807) is 30.3 Å². The molecule has 8 nitrogen and oxygen atoms in total. The first-order chi connectivity index (χ1) is 19.2. The number of thioether (sulfide) groups is 1. The number of aliphatic hydroxyl groups excluding tert-OH is 1. The molecule has 3 N–H and O–H groups in total. The zero-order valence-corrected chi connectivity index (χ0v) is 23.9. The highest BCUT2D eigenvalue weighted by molar-refractivity contribution is 7.99. The number of benzene rings is 3. The molecule has 0 saturated carbocycles. The minimum absolute atomic E-state index is 0.183. The fourth-order valence-electron chi connectivity index (χ4n) is 3.90. The Morgan fingerprint density at radius 3 is 2.20 bits per heavy atom. The second-order valence-corrected chi connectivity index (χ2v) is 11.2. The zero-order chi connectivity index (χ0) is 28.9. The summed E-state index contributed by atoms with van der Waals surface area (Å²) in [6.45, 7) is 6.04. The molecule has 40 heavy (non-hydrogen) atoms. The molecule has 9 heteroatoms. The third-order valence-electron chi connectivity index (χ3n) is 6.14. The molecule has 2 atom stereocenters. The van der Waals surface area contributed by atoms with Gasteiger partial charge in [-0.3, -0.25) is 9.59 Å². The Hall–Kier alpha value is -3.82. The second kappa shape index (κ2) is 15.7. The maximum atomic E-state index is 13.6. The van der Waals surface area contributed by atoms with E-state index in [0.717, 1.165) is 16.7 Å². The van der Waals surface area contributed by atoms with Gasteiger partial charge in [-0.05, 0) is 42.2 Å². The predicted molar refractivity (Wildman–Crippen MR) is 158 cm³/mol. The number of carbonyl (C=O) groups excluding carboxylic acids is 3. The summed E-state index contributed by atoms with van der Waals surface area (Å²) in [5.41, 5.74) is 2.85. The number of aryl methyl sites for hydroxylation is 1. The molecule has 0 aliphatic carbocycles. The van der Waals surface area contributed by atoms with Crippen molar-refractivity contribution in [1.29, 1.82) is 0 Å². The Balaban J connectivity index is 1.73. The van der Waals surface area contributed by atoms with E-state index in [1.165, 1.54) is 16.7 Å². The van der Waals surface area contributed by atoms with Crippen LogP contribution in [0.25, 0.3) is 0 Å². The molecule has 0 saturated heterocycles. The van der Waals surface area contributed by atoms with Gasteiger partial charge < -0.3 is 25.4 Å². The minimum Gasteiger partial charge on any atom is -0.410 e. The van der Waals surface area contributed by atoms with Crippen molar-refractivity contribution in [3.05, 3.63) is 102 Å². The van der Waals surface area contributed by atoms with E-state index in [-0.39, 0.29) is 30.0 Å². The maximum absolute atomic E-state index is 13.6. The lowest BCUT2D eigenvalue weighted by Crippen LogP contribution is -2.54. The molecular formula is C31H37N3O5S. The van der Waals surface area contributed by atoms with Gasteiger partial charge in [-0.15, -0.1) is 11.8 Å². The average Bonchev–Trinajstić information content (AvgIpc) is 2.94. The Labute approximate surface area is 240 Å². The predicted octanol–water partition coefficient (Wildman–Crippen LogP) is 4.30. The van der Waals surface area contributed by atoms with Gasteiger partial charge in [0, 0.05) is 11.8 Å². The number of aliphatic hydroxyl groups is 1. The average molecular weight is 564 g/mol. The number of rotatable bonds is 13. The first-order valence-corrected chi connectivity index (χ1v) is 14.2. The van der Waals surface area contributed by atoms with E-state index in [4.69, 9.17) is 4.74 Å². The summed E-state index contributed by atoms with van der Waals surface area (Å²) in [7, 11) is 0. The maximum Gasteiger partial charge on any atom is 0.412 e. The van der Waals surface area contributed by atoms with Crippen molar-refractivity contribution in [2.45, 2.75) is 51.1 Å². The van der Waals surface area contributed by atoms with Crippen LogP contribution in [-0.4, -0.2) is 57.7 Å². The van der Waals surface area contributed by atoms with Gasteiger partial charge in [-0.2, -0.15) is 0 Å². The smallest absolute Gasteiger partial charge is 0.410 e. The van der Waals surface area contributed by atoms with Gasteiger partial charge in [0.25, 0.3) is 5.91 Å². The summed E-state index contributed by atoms with van der Waals surface area (Å²) >= 11 is 1.48. The molecular weight excluding hydrogens is 526 g/mol. The van der Waals surface area contributed by atoms with Crippen molar-refractivity contribution in [2.75, 3.05) is 12.4 Å². The van der Waals surface area contributed by atoms with Crippen molar-refractivity contribution >= 4 is 29.7 Å². The van der Waals surface area contributed by atoms with Gasteiger partial charge in [-0.1, -0.05) is 86.6 Å². The van der Waals surface area contributed by atoms with Gasteiger partial charge >= 0.3 is 6.09 Å². The molecule has 0 spiro atoms. The molecule has 0 heterocycles. The molecule has 0 unspecified atom stereocenters. The summed E-state index contributed by atoms with van der Waals surface area (Å²) in [5.74, 6) is -0.457. The highest BCUT2D eigenvalue weighted by Gasteiger charge is 2.33. The summed E-state index contributed by atoms with van der Waals surface area (Å²) in [5, 5.41) is 17.0. The largest absolute Gasteiger partial charge is 0.412 e. The van der Waals surface area contributed by atoms with Crippen LogP contribution in [0.4, 0.5) is 4.79 Å². The normalized spacial score (nSPS) is 12.3. The van der Waals surface area contributed by atoms with E-state index < -0.39 is 24.1 Å². The van der Waals surface area contributed by atoms with Gasteiger partial charge in [0.15, 0.2) is 6.10 Å². The molecule has 212 valence electrons. The Morgan fingerprint density at radius 1 is 0.925 bits per heavy atom. The van der Waals surface area contributed by atoms with Gasteiger partial charge in [0.1, 0.15) is 12.3 Å². The number of nitrogens with one attached hydrogen (secondary N) is 2. The standard InChI is InChI=1S/C31H37N3O5S/c1-22(2)40-21-34(20-28(35)32-19-25-15-11-10-12-23(25)3)30(37)29(36)27(18-24-13-6-4-7-14-24)33-31(38)39-26-16-8-5-9-17-26/h4-17,22,27,29,36H,18-21H2,1-3H3,(H,32,35)(H,33,38)/t27-,29-/m0/s1. The number of hydrogen-bond donors (Lipinski definition) is 3. The molecule has 3 aromatic carbocycles. The summed E-state index contributed by atoms with van der Waals surface area (Å²) < 4.78 is 5.35. The molecule has 0 aromatic heterocycles. The fourth-order valence-corrected chi connectivity index (χ4v) is 4.60. The second-order valence-electron chi connectivity index (χ2n) is 9.67. The lowest BCUT2D eigenvalue weighted by Gasteiger charge is -2.29. The van der Waals surface area contributed by atoms with Crippen LogP contribution >= 0.6 is 11.8 Å². The van der Waals surface area contributed by atoms with E-state index in [9.17, 15) is 19.5 Å². The topological polar surface area (TPSA) is 108 Å². The first-order valence-electron chi connectivity index (χ1n) is 13.2. The van der Waals surface area contributed by atoms with Crippen LogP contribution in [0.1, 0.15) is 30.5 Å². The number of hydrogen-bond acceptors (Lipinski definition) is 6. The fraction of sp³-hybridized carbons (Fsp3) is 0.323. The van der Waals surface area contributed by atoms with Crippen LogP contribution < -0.4 is 15.4 Å². The van der Waals surface area contributed by atoms with E-state index in [1.807, 2.05) is 75.4 Å². The van der Waals surface area contributed by atoms with E-state index >= 15 is 0 Å². The SMILES string of the molecule is Cc1ccccc1CNC(=O)CN(CSC(C)C)C(=O)[C@@H](O)[C@H](Cc1ccccc1)NC(=O)Oc1ccccc1. The van der Waals surface area contributed by atoms with Crippen molar-refractivity contribution in [3.63, 3.8) is 0 Å². The number of amides is 3. The number of carbonyl (C=O) groups is 3. The minimum atomic E-state index is -1.61. The molecule has 3 rings (SSSR count). The molecule has 0 aliphatic rings. The molecule has 0 aliphatic heterocycles. The van der Waals surface area contributed by atoms with Gasteiger partial charge in [0.2, 0.25) is 5.91 Å². The Morgan fingerprint density at radius 2 is 1.55 bits per heavy atom. The summed E-state index contributed by atoms with van der Waals surface area (Å²) in [4.78, 5) is 40.5. The highest BCUT2D eigenvalue weighted by atomic mass is 32.2. The first kappa shape index (κ1) is 30.7. The molecule has 0 radical (unpaired) electrons. The number of nitrogens with zero attached hydrogens (tertiary/aromatic N) is 1. The van der Waals surface area contributed by atoms with Crippen LogP contribution in [0.15, 0.2) is 84.9 Å². The Kier molecular flexibility index (Phi) is 12.0. The van der Waals surface area contributed by atoms with Crippen molar-refractivity contribution in [1.82, 2.24) is 15.5 Å². The van der Waals surface area contributed by atoms with Crippen LogP contribution in [0, 0.1) is 6.92 Å². The van der Waals surface area contributed by atoms with Gasteiger partial charge in [-0.25, -0.2) is 4.79 Å². The third kappa shape index (κ3) is 10.1. The van der Waals surface area contributed by atoms with Crippen molar-refractivity contribution in [2.24, 2.45) is 0 Å². The summed E-state index contributed by atoms with van der Waals surface area (Å²) in [6, 6.07) is 24.5. The molecule has 0 fully saturated rings. The van der Waals surface area contributed by atoms with E-state index in [2.05, 4.69) is 10.6 Å². The molecule has 0 bridgehead atoms.